The van der Waals surface area contributed by atoms with Crippen molar-refractivity contribution >= 4 is 5.69 Å². The lowest BCUT2D eigenvalue weighted by molar-refractivity contribution is 0.312. The Morgan fingerprint density at radius 3 is 2.80 bits per heavy atom. The summed E-state index contributed by atoms with van der Waals surface area (Å²) in [7, 11) is 2.13. The van der Waals surface area contributed by atoms with Crippen molar-refractivity contribution in [3.63, 3.8) is 0 Å². The maximum atomic E-state index is 12.2. The first-order valence-electron chi connectivity index (χ1n) is 7.46. The molecular formula is C14H23N5O. The molecule has 0 unspecified atom stereocenters. The molecule has 1 atom stereocenters. The molecule has 1 aromatic rings. The van der Waals surface area contributed by atoms with Crippen molar-refractivity contribution in [3.05, 3.63) is 22.6 Å². The van der Waals surface area contributed by atoms with Crippen LogP contribution in [-0.2, 0) is 6.54 Å². The highest BCUT2D eigenvalue weighted by Gasteiger charge is 2.18. The molecule has 0 bridgehead atoms. The van der Waals surface area contributed by atoms with Crippen molar-refractivity contribution < 1.29 is 0 Å². The van der Waals surface area contributed by atoms with E-state index in [0.29, 0.717) is 12.6 Å². The van der Waals surface area contributed by atoms with Gasteiger partial charge >= 0.3 is 0 Å². The zero-order valence-electron chi connectivity index (χ0n) is 12.1. The van der Waals surface area contributed by atoms with Gasteiger partial charge in [0.15, 0.2) is 0 Å². The van der Waals surface area contributed by atoms with Crippen molar-refractivity contribution in [2.24, 2.45) is 0 Å². The second-order valence-corrected chi connectivity index (χ2v) is 5.82. The molecule has 1 aromatic heterocycles. The van der Waals surface area contributed by atoms with E-state index >= 15 is 0 Å². The number of piperazine rings is 1. The van der Waals surface area contributed by atoms with Crippen LogP contribution < -0.4 is 15.8 Å². The summed E-state index contributed by atoms with van der Waals surface area (Å²) in [4.78, 5) is 16.7. The number of nitrogens with zero attached hydrogens (tertiary/aromatic N) is 4. The Morgan fingerprint density at radius 2 is 2.15 bits per heavy atom. The fourth-order valence-electron chi connectivity index (χ4n) is 2.92. The van der Waals surface area contributed by atoms with Crippen LogP contribution in [0.15, 0.2) is 17.1 Å². The van der Waals surface area contributed by atoms with Crippen LogP contribution in [0.3, 0.4) is 0 Å². The summed E-state index contributed by atoms with van der Waals surface area (Å²) in [5, 5.41) is 7.74. The minimum atomic E-state index is 0.00938. The average Bonchev–Trinajstić information content (AvgIpc) is 2.95. The maximum Gasteiger partial charge on any atom is 0.268 e. The molecule has 3 rings (SSSR count). The molecule has 0 amide bonds. The van der Waals surface area contributed by atoms with Gasteiger partial charge in [0, 0.05) is 38.3 Å². The highest BCUT2D eigenvalue weighted by molar-refractivity contribution is 5.43. The molecule has 2 aliphatic rings. The van der Waals surface area contributed by atoms with Crippen molar-refractivity contribution in [2.45, 2.75) is 25.4 Å². The van der Waals surface area contributed by atoms with Gasteiger partial charge in [0.1, 0.15) is 0 Å². The van der Waals surface area contributed by atoms with Crippen LogP contribution in [0.1, 0.15) is 12.8 Å². The topological polar surface area (TPSA) is 53.4 Å². The number of rotatable bonds is 3. The monoisotopic (exact) mass is 277 g/mol. The zero-order chi connectivity index (χ0) is 13.9. The maximum absolute atomic E-state index is 12.2. The first-order valence-corrected chi connectivity index (χ1v) is 7.46. The van der Waals surface area contributed by atoms with E-state index in [4.69, 9.17) is 0 Å². The Morgan fingerprint density at radius 1 is 1.35 bits per heavy atom. The first kappa shape index (κ1) is 13.6. The highest BCUT2D eigenvalue weighted by Crippen LogP contribution is 2.12. The molecule has 110 valence electrons. The first-order chi connectivity index (χ1) is 9.72. The molecule has 6 nitrogen and oxygen atoms in total. The number of hydrogen-bond donors (Lipinski definition) is 1. The van der Waals surface area contributed by atoms with Gasteiger partial charge in [-0.2, -0.15) is 5.10 Å². The van der Waals surface area contributed by atoms with Crippen LogP contribution >= 0.6 is 0 Å². The van der Waals surface area contributed by atoms with Gasteiger partial charge in [-0.25, -0.2) is 4.68 Å². The van der Waals surface area contributed by atoms with Crippen LogP contribution in [0.4, 0.5) is 5.69 Å². The van der Waals surface area contributed by atoms with Crippen LogP contribution in [0, 0.1) is 0 Å². The molecule has 2 fully saturated rings. The number of hydrogen-bond acceptors (Lipinski definition) is 5. The van der Waals surface area contributed by atoms with Gasteiger partial charge in [0.25, 0.3) is 5.56 Å². The predicted octanol–water partition coefficient (Wildman–Crippen LogP) is -0.253. The van der Waals surface area contributed by atoms with E-state index in [-0.39, 0.29) is 5.56 Å². The highest BCUT2D eigenvalue weighted by atomic mass is 16.1. The number of anilines is 1. The molecule has 0 spiro atoms. The lowest BCUT2D eigenvalue weighted by Gasteiger charge is -2.33. The fourth-order valence-corrected chi connectivity index (χ4v) is 2.92. The van der Waals surface area contributed by atoms with E-state index in [1.165, 1.54) is 6.42 Å². The molecule has 0 aliphatic carbocycles. The normalized spacial score (nSPS) is 24.2. The standard InChI is InChI=1S/C14H23N5O/c1-17-5-7-18(8-6-17)13-9-14(20)19(16-10-13)11-12-3-2-4-15-12/h9-10,12,15H,2-8,11H2,1H3/t12-/m0/s1. The van der Waals surface area contributed by atoms with Crippen LogP contribution in [-0.4, -0.2) is 60.5 Å². The fraction of sp³-hybridized carbons (Fsp3) is 0.714. The molecule has 1 N–H and O–H groups in total. The molecule has 2 saturated heterocycles. The van der Waals surface area contributed by atoms with Crippen molar-refractivity contribution in [3.8, 4) is 0 Å². The van der Waals surface area contributed by atoms with E-state index in [9.17, 15) is 4.79 Å². The van der Waals surface area contributed by atoms with Gasteiger partial charge in [0.05, 0.1) is 18.4 Å². The largest absolute Gasteiger partial charge is 0.368 e. The van der Waals surface area contributed by atoms with Crippen LogP contribution in [0.5, 0.6) is 0 Å². The quantitative estimate of drug-likeness (QED) is 0.825. The molecule has 0 aromatic carbocycles. The molecule has 3 heterocycles. The number of nitrogens with one attached hydrogen (secondary N) is 1. The number of aromatic nitrogens is 2. The van der Waals surface area contributed by atoms with Gasteiger partial charge in [-0.15, -0.1) is 0 Å². The lowest BCUT2D eigenvalue weighted by Crippen LogP contribution is -2.45. The number of likely N-dealkylation sites (N-methyl/N-ethyl adjacent to an activating group) is 1. The van der Waals surface area contributed by atoms with Gasteiger partial charge in [-0.1, -0.05) is 0 Å². The molecule has 6 heteroatoms. The van der Waals surface area contributed by atoms with Gasteiger partial charge in [-0.05, 0) is 26.4 Å². The molecule has 0 saturated carbocycles. The third-order valence-corrected chi connectivity index (χ3v) is 4.28. The minimum absolute atomic E-state index is 0.00938. The summed E-state index contributed by atoms with van der Waals surface area (Å²) in [6.07, 6.45) is 4.16. The van der Waals surface area contributed by atoms with E-state index in [2.05, 4.69) is 27.3 Å². The molecule has 0 radical (unpaired) electrons. The van der Waals surface area contributed by atoms with Crippen LogP contribution in [0.2, 0.25) is 0 Å². The van der Waals surface area contributed by atoms with Gasteiger partial charge in [0.2, 0.25) is 0 Å². The summed E-state index contributed by atoms with van der Waals surface area (Å²) < 4.78 is 1.59. The van der Waals surface area contributed by atoms with Crippen LogP contribution in [0.25, 0.3) is 0 Å². The predicted molar refractivity (Wildman–Crippen MR) is 79.2 cm³/mol. The Hall–Kier alpha value is -1.40. The lowest BCUT2D eigenvalue weighted by atomic mass is 10.2. The summed E-state index contributed by atoms with van der Waals surface area (Å²) in [6.45, 7) is 5.74. The average molecular weight is 277 g/mol. The van der Waals surface area contributed by atoms with E-state index in [0.717, 1.165) is 44.8 Å². The van der Waals surface area contributed by atoms with Crippen molar-refractivity contribution in [1.82, 2.24) is 20.0 Å². The molecule has 2 aliphatic heterocycles. The van der Waals surface area contributed by atoms with Crippen molar-refractivity contribution in [2.75, 3.05) is 44.7 Å². The summed E-state index contributed by atoms with van der Waals surface area (Å²) in [5.74, 6) is 0. The zero-order valence-corrected chi connectivity index (χ0v) is 12.1. The van der Waals surface area contributed by atoms with Crippen molar-refractivity contribution in [1.29, 1.82) is 0 Å². The van der Waals surface area contributed by atoms with Gasteiger partial charge < -0.3 is 15.1 Å². The Balaban J connectivity index is 1.68. The molecule has 20 heavy (non-hydrogen) atoms. The summed E-state index contributed by atoms with van der Waals surface area (Å²) >= 11 is 0. The minimum Gasteiger partial charge on any atom is -0.368 e. The Bertz CT molecular complexity index is 501. The summed E-state index contributed by atoms with van der Waals surface area (Å²) in [5.41, 5.74) is 0.967. The van der Waals surface area contributed by atoms with E-state index in [1.54, 1.807) is 10.7 Å². The summed E-state index contributed by atoms with van der Waals surface area (Å²) in [6, 6.07) is 2.13. The third-order valence-electron chi connectivity index (χ3n) is 4.28. The Kier molecular flexibility index (Phi) is 4.03. The van der Waals surface area contributed by atoms with E-state index in [1.807, 2.05) is 6.20 Å². The smallest absolute Gasteiger partial charge is 0.268 e. The Labute approximate surface area is 119 Å². The second kappa shape index (κ2) is 5.93. The second-order valence-electron chi connectivity index (χ2n) is 5.82. The third kappa shape index (κ3) is 3.02. The van der Waals surface area contributed by atoms with Gasteiger partial charge in [-0.3, -0.25) is 4.79 Å². The van der Waals surface area contributed by atoms with E-state index < -0.39 is 0 Å². The molecular weight excluding hydrogens is 254 g/mol. The SMILES string of the molecule is CN1CCN(c2cnn(C[C@@H]3CCCN3)c(=O)c2)CC1.